The summed E-state index contributed by atoms with van der Waals surface area (Å²) in [5.74, 6) is 0. The Morgan fingerprint density at radius 1 is 1.42 bits per heavy atom. The standard InChI is InChI=1S/C15H22N4/c1-11-14(9-17-13-3-4-13)12(2)19(18-11)10-15(5-6-15)7-8-16/h13,17H,3-7,9-10H2,1-2H3. The van der Waals surface area contributed by atoms with Crippen molar-refractivity contribution < 1.29 is 0 Å². The minimum Gasteiger partial charge on any atom is -0.310 e. The van der Waals surface area contributed by atoms with Crippen molar-refractivity contribution in [1.29, 1.82) is 5.26 Å². The van der Waals surface area contributed by atoms with E-state index in [1.165, 1.54) is 36.9 Å². The third-order valence-electron chi connectivity index (χ3n) is 4.57. The van der Waals surface area contributed by atoms with Crippen LogP contribution in [0.2, 0.25) is 0 Å². The lowest BCUT2D eigenvalue weighted by molar-refractivity contribution is 0.397. The van der Waals surface area contributed by atoms with E-state index in [1.807, 2.05) is 0 Å². The quantitative estimate of drug-likeness (QED) is 0.852. The zero-order valence-electron chi connectivity index (χ0n) is 11.9. The van der Waals surface area contributed by atoms with Crippen LogP contribution in [-0.4, -0.2) is 15.8 Å². The van der Waals surface area contributed by atoms with Crippen molar-refractivity contribution in [2.45, 2.75) is 65.1 Å². The van der Waals surface area contributed by atoms with E-state index < -0.39 is 0 Å². The first-order chi connectivity index (χ1) is 9.13. The van der Waals surface area contributed by atoms with Crippen LogP contribution in [0.5, 0.6) is 0 Å². The maximum Gasteiger partial charge on any atom is 0.0641 e. The fraction of sp³-hybridized carbons (Fsp3) is 0.733. The second-order valence-electron chi connectivity index (χ2n) is 6.30. The van der Waals surface area contributed by atoms with Crippen LogP contribution in [0.4, 0.5) is 0 Å². The molecule has 0 saturated heterocycles. The van der Waals surface area contributed by atoms with E-state index in [-0.39, 0.29) is 5.41 Å². The van der Waals surface area contributed by atoms with E-state index in [4.69, 9.17) is 5.26 Å². The van der Waals surface area contributed by atoms with Crippen molar-refractivity contribution in [2.75, 3.05) is 0 Å². The summed E-state index contributed by atoms with van der Waals surface area (Å²) < 4.78 is 2.13. The summed E-state index contributed by atoms with van der Waals surface area (Å²) in [5.41, 5.74) is 3.98. The van der Waals surface area contributed by atoms with Crippen LogP contribution in [0, 0.1) is 30.6 Å². The molecule has 0 bridgehead atoms. The molecular formula is C15H22N4. The molecule has 0 radical (unpaired) electrons. The number of aryl methyl sites for hydroxylation is 1. The molecular weight excluding hydrogens is 236 g/mol. The third kappa shape index (κ3) is 2.66. The molecule has 2 aliphatic carbocycles. The van der Waals surface area contributed by atoms with Gasteiger partial charge in [0.1, 0.15) is 0 Å². The molecule has 0 atom stereocenters. The monoisotopic (exact) mass is 258 g/mol. The topological polar surface area (TPSA) is 53.6 Å². The van der Waals surface area contributed by atoms with Gasteiger partial charge in [0, 0.05) is 42.2 Å². The number of nitrogens with zero attached hydrogens (tertiary/aromatic N) is 3. The lowest BCUT2D eigenvalue weighted by Crippen LogP contribution is -2.17. The first kappa shape index (κ1) is 12.7. The van der Waals surface area contributed by atoms with Crippen molar-refractivity contribution in [3.63, 3.8) is 0 Å². The Morgan fingerprint density at radius 2 is 2.16 bits per heavy atom. The molecule has 2 saturated carbocycles. The molecule has 102 valence electrons. The van der Waals surface area contributed by atoms with Gasteiger partial charge in [0.25, 0.3) is 0 Å². The van der Waals surface area contributed by atoms with E-state index in [0.717, 1.165) is 24.8 Å². The predicted octanol–water partition coefficient (Wildman–Crippen LogP) is 2.45. The molecule has 19 heavy (non-hydrogen) atoms. The fourth-order valence-electron chi connectivity index (χ4n) is 2.73. The molecule has 1 aromatic heterocycles. The molecule has 3 rings (SSSR count). The molecule has 2 aliphatic rings. The van der Waals surface area contributed by atoms with Crippen LogP contribution in [0.1, 0.15) is 49.1 Å². The maximum atomic E-state index is 8.91. The number of hydrogen-bond donors (Lipinski definition) is 1. The minimum atomic E-state index is 0.221. The zero-order valence-corrected chi connectivity index (χ0v) is 11.9. The third-order valence-corrected chi connectivity index (χ3v) is 4.57. The summed E-state index contributed by atoms with van der Waals surface area (Å²) in [5, 5.41) is 17.2. The van der Waals surface area contributed by atoms with Gasteiger partial charge in [-0.25, -0.2) is 0 Å². The lowest BCUT2D eigenvalue weighted by Gasteiger charge is -2.13. The van der Waals surface area contributed by atoms with E-state index in [2.05, 4.69) is 35.0 Å². The van der Waals surface area contributed by atoms with E-state index in [9.17, 15) is 0 Å². The highest BCUT2D eigenvalue weighted by atomic mass is 15.3. The van der Waals surface area contributed by atoms with Gasteiger partial charge in [-0.3, -0.25) is 4.68 Å². The van der Waals surface area contributed by atoms with Crippen molar-refractivity contribution >= 4 is 0 Å². The number of hydrogen-bond acceptors (Lipinski definition) is 3. The van der Waals surface area contributed by atoms with Gasteiger partial charge < -0.3 is 5.32 Å². The highest BCUT2D eigenvalue weighted by Gasteiger charge is 2.43. The molecule has 4 nitrogen and oxygen atoms in total. The van der Waals surface area contributed by atoms with E-state index in [1.54, 1.807) is 0 Å². The minimum absolute atomic E-state index is 0.221. The Balaban J connectivity index is 1.71. The summed E-state index contributed by atoms with van der Waals surface area (Å²) in [6.45, 7) is 6.11. The summed E-state index contributed by atoms with van der Waals surface area (Å²) in [6.07, 6.45) is 5.65. The molecule has 0 spiro atoms. The summed E-state index contributed by atoms with van der Waals surface area (Å²) >= 11 is 0. The molecule has 1 N–H and O–H groups in total. The molecule has 4 heteroatoms. The van der Waals surface area contributed by atoms with E-state index >= 15 is 0 Å². The summed E-state index contributed by atoms with van der Waals surface area (Å²) in [7, 11) is 0. The molecule has 1 aromatic rings. The van der Waals surface area contributed by atoms with Gasteiger partial charge in [0.2, 0.25) is 0 Å². The Kier molecular flexibility index (Phi) is 3.10. The Morgan fingerprint density at radius 3 is 2.74 bits per heavy atom. The van der Waals surface area contributed by atoms with Crippen LogP contribution in [-0.2, 0) is 13.1 Å². The van der Waals surface area contributed by atoms with Crippen molar-refractivity contribution in [1.82, 2.24) is 15.1 Å². The van der Waals surface area contributed by atoms with Gasteiger partial charge in [0.15, 0.2) is 0 Å². The number of nitriles is 1. The second-order valence-corrected chi connectivity index (χ2v) is 6.30. The van der Waals surface area contributed by atoms with Gasteiger partial charge >= 0.3 is 0 Å². The largest absolute Gasteiger partial charge is 0.310 e. The van der Waals surface area contributed by atoms with Crippen molar-refractivity contribution in [2.24, 2.45) is 5.41 Å². The predicted molar refractivity (Wildman–Crippen MR) is 73.5 cm³/mol. The first-order valence-electron chi connectivity index (χ1n) is 7.27. The summed E-state index contributed by atoms with van der Waals surface area (Å²) in [6, 6.07) is 3.06. The van der Waals surface area contributed by atoms with Crippen LogP contribution < -0.4 is 5.32 Å². The maximum absolute atomic E-state index is 8.91. The molecule has 0 amide bonds. The second kappa shape index (κ2) is 4.64. The average molecular weight is 258 g/mol. The van der Waals surface area contributed by atoms with Crippen LogP contribution >= 0.6 is 0 Å². The lowest BCUT2D eigenvalue weighted by atomic mass is 10.0. The van der Waals surface area contributed by atoms with Gasteiger partial charge in [-0.05, 0) is 39.5 Å². The Hall–Kier alpha value is -1.34. The van der Waals surface area contributed by atoms with Gasteiger partial charge in [-0.15, -0.1) is 0 Å². The van der Waals surface area contributed by atoms with Crippen LogP contribution in [0.15, 0.2) is 0 Å². The fourth-order valence-corrected chi connectivity index (χ4v) is 2.73. The smallest absolute Gasteiger partial charge is 0.0641 e. The molecule has 0 aliphatic heterocycles. The SMILES string of the molecule is Cc1nn(CC2(CC#N)CC2)c(C)c1CNC1CC1. The van der Waals surface area contributed by atoms with Gasteiger partial charge in [-0.1, -0.05) is 0 Å². The zero-order chi connectivity index (χ0) is 13.5. The molecule has 0 unspecified atom stereocenters. The first-order valence-corrected chi connectivity index (χ1v) is 7.27. The highest BCUT2D eigenvalue weighted by Crippen LogP contribution is 2.50. The number of nitrogens with one attached hydrogen (secondary N) is 1. The van der Waals surface area contributed by atoms with Crippen LogP contribution in [0.3, 0.4) is 0 Å². The van der Waals surface area contributed by atoms with Gasteiger partial charge in [-0.2, -0.15) is 10.4 Å². The number of aromatic nitrogens is 2. The molecule has 1 heterocycles. The van der Waals surface area contributed by atoms with E-state index in [0.29, 0.717) is 6.42 Å². The van der Waals surface area contributed by atoms with Gasteiger partial charge in [0.05, 0.1) is 11.8 Å². The normalized spacial score (nSPS) is 20.3. The Labute approximate surface area is 114 Å². The van der Waals surface area contributed by atoms with Crippen molar-refractivity contribution in [3.8, 4) is 6.07 Å². The molecule has 0 aromatic carbocycles. The average Bonchev–Trinajstić information content (AvgIpc) is 3.25. The molecule has 2 fully saturated rings. The van der Waals surface area contributed by atoms with Crippen molar-refractivity contribution in [3.05, 3.63) is 17.0 Å². The van der Waals surface area contributed by atoms with Crippen LogP contribution in [0.25, 0.3) is 0 Å². The Bertz CT molecular complexity index is 515. The number of rotatable bonds is 6. The summed E-state index contributed by atoms with van der Waals surface area (Å²) in [4.78, 5) is 0. The highest BCUT2D eigenvalue weighted by molar-refractivity contribution is 5.25.